The van der Waals surface area contributed by atoms with E-state index in [1.54, 1.807) is 24.3 Å². The third-order valence-corrected chi connectivity index (χ3v) is 4.48. The molecule has 0 bridgehead atoms. The zero-order valence-corrected chi connectivity index (χ0v) is 18.3. The standard InChI is InChI=1S/C23H31N3O2.ClH/c1-4-14-26(15-5-2)23(28)19-12-9-11-18(16-19)22(27)25-21-13-8-7-10-20(21)17-24-6-3;/h7-13,16,24H,4-6,14-15,17H2,1-3H3,(H,25,27);1H. The highest BCUT2D eigenvalue weighted by Gasteiger charge is 2.16. The van der Waals surface area contributed by atoms with Gasteiger partial charge in [-0.15, -0.1) is 12.4 Å². The average molecular weight is 418 g/mol. The monoisotopic (exact) mass is 417 g/mol. The molecule has 0 spiro atoms. The molecule has 0 unspecified atom stereocenters. The van der Waals surface area contributed by atoms with Crippen LogP contribution < -0.4 is 10.6 Å². The Morgan fingerprint density at radius 3 is 2.21 bits per heavy atom. The van der Waals surface area contributed by atoms with Crippen molar-refractivity contribution in [1.82, 2.24) is 10.2 Å². The summed E-state index contributed by atoms with van der Waals surface area (Å²) in [5.41, 5.74) is 2.85. The Morgan fingerprint density at radius 2 is 1.55 bits per heavy atom. The summed E-state index contributed by atoms with van der Waals surface area (Å²) in [6.07, 6.45) is 1.82. The van der Waals surface area contributed by atoms with Crippen molar-refractivity contribution in [2.75, 3.05) is 25.0 Å². The second kappa shape index (κ2) is 13.0. The van der Waals surface area contributed by atoms with Gasteiger partial charge >= 0.3 is 0 Å². The normalized spacial score (nSPS) is 10.2. The van der Waals surface area contributed by atoms with Gasteiger partial charge in [0.05, 0.1) is 0 Å². The van der Waals surface area contributed by atoms with E-state index in [4.69, 9.17) is 0 Å². The summed E-state index contributed by atoms with van der Waals surface area (Å²) in [6.45, 7) is 9.16. The lowest BCUT2D eigenvalue weighted by molar-refractivity contribution is 0.0755. The molecule has 6 heteroatoms. The minimum absolute atomic E-state index is 0. The lowest BCUT2D eigenvalue weighted by atomic mass is 10.1. The van der Waals surface area contributed by atoms with Gasteiger partial charge in [0.25, 0.3) is 11.8 Å². The first-order valence-electron chi connectivity index (χ1n) is 10.1. The van der Waals surface area contributed by atoms with Crippen LogP contribution in [0.4, 0.5) is 5.69 Å². The molecule has 0 fully saturated rings. The lowest BCUT2D eigenvalue weighted by Crippen LogP contribution is -2.32. The molecule has 2 aromatic rings. The first-order valence-corrected chi connectivity index (χ1v) is 10.1. The van der Waals surface area contributed by atoms with Crippen molar-refractivity contribution in [2.45, 2.75) is 40.2 Å². The Bertz CT molecular complexity index is 789. The average Bonchev–Trinajstić information content (AvgIpc) is 2.72. The van der Waals surface area contributed by atoms with Gasteiger partial charge in [-0.1, -0.05) is 45.0 Å². The van der Waals surface area contributed by atoms with Gasteiger partial charge in [0.15, 0.2) is 0 Å². The van der Waals surface area contributed by atoms with Crippen molar-refractivity contribution in [3.05, 3.63) is 65.2 Å². The number of carbonyl (C=O) groups excluding carboxylic acids is 2. The summed E-state index contributed by atoms with van der Waals surface area (Å²) in [6, 6.07) is 14.7. The molecular formula is C23H32ClN3O2. The van der Waals surface area contributed by atoms with Gasteiger partial charge < -0.3 is 15.5 Å². The van der Waals surface area contributed by atoms with E-state index in [0.29, 0.717) is 17.7 Å². The number of para-hydroxylation sites is 1. The second-order valence-electron chi connectivity index (χ2n) is 6.76. The second-order valence-corrected chi connectivity index (χ2v) is 6.76. The minimum atomic E-state index is -0.212. The molecule has 0 aliphatic carbocycles. The van der Waals surface area contributed by atoms with E-state index >= 15 is 0 Å². The number of anilines is 1. The number of nitrogens with zero attached hydrogens (tertiary/aromatic N) is 1. The van der Waals surface area contributed by atoms with Gasteiger partial charge in [0.2, 0.25) is 0 Å². The van der Waals surface area contributed by atoms with Crippen LogP contribution in [-0.2, 0) is 6.54 Å². The predicted octanol–water partition coefficient (Wildman–Crippen LogP) is 4.73. The summed E-state index contributed by atoms with van der Waals surface area (Å²) < 4.78 is 0. The number of hydrogen-bond acceptors (Lipinski definition) is 3. The van der Waals surface area contributed by atoms with E-state index in [1.807, 2.05) is 36.1 Å². The van der Waals surface area contributed by atoms with E-state index in [9.17, 15) is 9.59 Å². The Morgan fingerprint density at radius 1 is 0.897 bits per heavy atom. The molecule has 0 saturated carbocycles. The van der Waals surface area contributed by atoms with Crippen molar-refractivity contribution in [2.24, 2.45) is 0 Å². The van der Waals surface area contributed by atoms with Crippen molar-refractivity contribution in [3.8, 4) is 0 Å². The van der Waals surface area contributed by atoms with Crippen LogP contribution in [0.5, 0.6) is 0 Å². The largest absolute Gasteiger partial charge is 0.339 e. The lowest BCUT2D eigenvalue weighted by Gasteiger charge is -2.21. The molecular weight excluding hydrogens is 386 g/mol. The molecule has 29 heavy (non-hydrogen) atoms. The molecule has 2 aromatic carbocycles. The van der Waals surface area contributed by atoms with Crippen LogP contribution in [0.1, 0.15) is 59.9 Å². The predicted molar refractivity (Wildman–Crippen MR) is 122 cm³/mol. The smallest absolute Gasteiger partial charge is 0.255 e. The molecule has 2 N–H and O–H groups in total. The highest BCUT2D eigenvalue weighted by molar-refractivity contribution is 6.06. The van der Waals surface area contributed by atoms with Gasteiger partial charge in [-0.25, -0.2) is 0 Å². The van der Waals surface area contributed by atoms with Gasteiger partial charge in [0, 0.05) is 36.4 Å². The molecule has 0 aromatic heterocycles. The summed E-state index contributed by atoms with van der Waals surface area (Å²) in [5, 5.41) is 6.25. The summed E-state index contributed by atoms with van der Waals surface area (Å²) in [4.78, 5) is 27.4. The van der Waals surface area contributed by atoms with E-state index in [0.717, 1.165) is 43.7 Å². The number of halogens is 1. The number of benzene rings is 2. The number of nitrogens with one attached hydrogen (secondary N) is 2. The maximum Gasteiger partial charge on any atom is 0.255 e. The number of rotatable bonds is 10. The highest BCUT2D eigenvalue weighted by atomic mass is 35.5. The van der Waals surface area contributed by atoms with Crippen LogP contribution >= 0.6 is 12.4 Å². The Hall–Kier alpha value is -2.37. The summed E-state index contributed by atoms with van der Waals surface area (Å²) >= 11 is 0. The molecule has 2 rings (SSSR count). The maximum atomic E-state index is 12.8. The van der Waals surface area contributed by atoms with Crippen molar-refractivity contribution in [3.63, 3.8) is 0 Å². The van der Waals surface area contributed by atoms with Gasteiger partial charge in [-0.3, -0.25) is 9.59 Å². The molecule has 5 nitrogen and oxygen atoms in total. The number of hydrogen-bond donors (Lipinski definition) is 2. The first kappa shape index (κ1) is 24.7. The molecule has 158 valence electrons. The Labute approximate surface area is 180 Å². The number of amides is 2. The van der Waals surface area contributed by atoms with Crippen LogP contribution in [0.3, 0.4) is 0 Å². The fourth-order valence-corrected chi connectivity index (χ4v) is 3.08. The topological polar surface area (TPSA) is 61.4 Å². The summed E-state index contributed by atoms with van der Waals surface area (Å²) in [5.74, 6) is -0.234. The molecule has 0 aliphatic heterocycles. The fraction of sp³-hybridized carbons (Fsp3) is 0.391. The van der Waals surface area contributed by atoms with Crippen LogP contribution in [0.25, 0.3) is 0 Å². The SMILES string of the molecule is CCCN(CCC)C(=O)c1cccc(C(=O)Nc2ccccc2CNCC)c1.Cl. The first-order chi connectivity index (χ1) is 13.6. The Kier molecular flexibility index (Phi) is 11.0. The zero-order valence-electron chi connectivity index (χ0n) is 17.5. The van der Waals surface area contributed by atoms with Gasteiger partial charge in [-0.05, 0) is 49.2 Å². The molecule has 0 atom stereocenters. The van der Waals surface area contributed by atoms with Crippen molar-refractivity contribution < 1.29 is 9.59 Å². The third-order valence-electron chi connectivity index (χ3n) is 4.48. The minimum Gasteiger partial charge on any atom is -0.339 e. The van der Waals surface area contributed by atoms with Crippen molar-refractivity contribution in [1.29, 1.82) is 0 Å². The molecule has 0 radical (unpaired) electrons. The third kappa shape index (κ3) is 7.18. The van der Waals surface area contributed by atoms with Gasteiger partial charge in [-0.2, -0.15) is 0 Å². The van der Waals surface area contributed by atoms with E-state index in [-0.39, 0.29) is 24.2 Å². The Balaban J connectivity index is 0.00000420. The van der Waals surface area contributed by atoms with Crippen LogP contribution in [0.15, 0.2) is 48.5 Å². The van der Waals surface area contributed by atoms with Crippen LogP contribution in [0, 0.1) is 0 Å². The van der Waals surface area contributed by atoms with Gasteiger partial charge in [0.1, 0.15) is 0 Å². The van der Waals surface area contributed by atoms with Crippen LogP contribution in [-0.4, -0.2) is 36.3 Å². The molecule has 0 saturated heterocycles. The summed E-state index contributed by atoms with van der Waals surface area (Å²) in [7, 11) is 0. The molecule has 0 aliphatic rings. The van der Waals surface area contributed by atoms with Crippen LogP contribution in [0.2, 0.25) is 0 Å². The van der Waals surface area contributed by atoms with E-state index in [2.05, 4.69) is 24.5 Å². The number of carbonyl (C=O) groups is 2. The zero-order chi connectivity index (χ0) is 20.4. The molecule has 2 amide bonds. The van der Waals surface area contributed by atoms with Crippen molar-refractivity contribution >= 4 is 29.9 Å². The quantitative estimate of drug-likeness (QED) is 0.587. The molecule has 0 heterocycles. The highest BCUT2D eigenvalue weighted by Crippen LogP contribution is 2.17. The fourth-order valence-electron chi connectivity index (χ4n) is 3.08. The van der Waals surface area contributed by atoms with E-state index in [1.165, 1.54) is 0 Å². The van der Waals surface area contributed by atoms with E-state index < -0.39 is 0 Å². The maximum absolute atomic E-state index is 12.8.